The Balaban J connectivity index is 3.26. The second-order valence-corrected chi connectivity index (χ2v) is 3.02. The zero-order valence-electron chi connectivity index (χ0n) is 6.87. The van der Waals surface area contributed by atoms with E-state index in [4.69, 9.17) is 4.74 Å². The Morgan fingerprint density at radius 2 is 2.42 bits per heavy atom. The van der Waals surface area contributed by atoms with E-state index in [1.807, 2.05) is 6.92 Å². The van der Waals surface area contributed by atoms with Gasteiger partial charge in [0, 0.05) is 12.7 Å². The molecule has 5 heteroatoms. The molecule has 0 aliphatic rings. The van der Waals surface area contributed by atoms with E-state index >= 15 is 0 Å². The van der Waals surface area contributed by atoms with E-state index < -0.39 is 0 Å². The van der Waals surface area contributed by atoms with Crippen LogP contribution in [0.3, 0.4) is 0 Å². The van der Waals surface area contributed by atoms with Gasteiger partial charge in [-0.2, -0.15) is 4.98 Å². The molecule has 0 aliphatic carbocycles. The molecule has 0 fully saturated rings. The highest BCUT2D eigenvalue weighted by Crippen LogP contribution is 2.18. The number of hydrogen-bond donors (Lipinski definition) is 0. The second-order valence-electron chi connectivity index (χ2n) is 2.17. The third-order valence-electron chi connectivity index (χ3n) is 1.45. The van der Waals surface area contributed by atoms with Crippen LogP contribution in [-0.2, 0) is 6.54 Å². The summed E-state index contributed by atoms with van der Waals surface area (Å²) in [6, 6.07) is 0. The molecule has 0 spiro atoms. The Bertz CT molecular complexity index is 335. The smallest absolute Gasteiger partial charge is 0.350 e. The van der Waals surface area contributed by atoms with Crippen molar-refractivity contribution < 1.29 is 4.74 Å². The molecule has 1 heterocycles. The number of ether oxygens (including phenoxy) is 1. The van der Waals surface area contributed by atoms with Crippen molar-refractivity contribution in [3.63, 3.8) is 0 Å². The van der Waals surface area contributed by atoms with E-state index in [9.17, 15) is 4.79 Å². The van der Waals surface area contributed by atoms with Gasteiger partial charge in [-0.3, -0.25) is 4.57 Å². The highest BCUT2D eigenvalue weighted by atomic mass is 79.9. The first kappa shape index (κ1) is 9.25. The monoisotopic (exact) mass is 232 g/mol. The summed E-state index contributed by atoms with van der Waals surface area (Å²) < 4.78 is 7.03. The van der Waals surface area contributed by atoms with Gasteiger partial charge in [0.05, 0.1) is 11.6 Å². The van der Waals surface area contributed by atoms with Gasteiger partial charge in [-0.05, 0) is 22.9 Å². The van der Waals surface area contributed by atoms with Crippen molar-refractivity contribution in [2.75, 3.05) is 7.11 Å². The van der Waals surface area contributed by atoms with Gasteiger partial charge in [-0.25, -0.2) is 4.79 Å². The summed E-state index contributed by atoms with van der Waals surface area (Å²) in [4.78, 5) is 14.8. The zero-order valence-corrected chi connectivity index (χ0v) is 8.46. The molecule has 0 saturated heterocycles. The van der Waals surface area contributed by atoms with Crippen molar-refractivity contribution in [1.82, 2.24) is 9.55 Å². The minimum atomic E-state index is -0.294. The molecule has 0 aromatic carbocycles. The van der Waals surface area contributed by atoms with Gasteiger partial charge >= 0.3 is 5.69 Å². The molecule has 4 nitrogen and oxygen atoms in total. The van der Waals surface area contributed by atoms with Crippen LogP contribution in [0, 0.1) is 0 Å². The van der Waals surface area contributed by atoms with Gasteiger partial charge in [-0.15, -0.1) is 0 Å². The summed E-state index contributed by atoms with van der Waals surface area (Å²) in [6.07, 6.45) is 1.66. The molecule has 66 valence electrons. The number of nitrogens with zero attached hydrogens (tertiary/aromatic N) is 2. The van der Waals surface area contributed by atoms with Crippen LogP contribution < -0.4 is 10.4 Å². The summed E-state index contributed by atoms with van der Waals surface area (Å²) in [7, 11) is 1.48. The minimum absolute atomic E-state index is 0.294. The maximum absolute atomic E-state index is 11.1. The zero-order chi connectivity index (χ0) is 9.14. The van der Waals surface area contributed by atoms with Gasteiger partial charge in [0.25, 0.3) is 0 Å². The fourth-order valence-electron chi connectivity index (χ4n) is 0.821. The Labute approximate surface area is 78.3 Å². The van der Waals surface area contributed by atoms with Crippen molar-refractivity contribution >= 4 is 15.9 Å². The van der Waals surface area contributed by atoms with Crippen LogP contribution in [0.5, 0.6) is 5.88 Å². The lowest BCUT2D eigenvalue weighted by molar-refractivity contribution is 0.389. The first-order chi connectivity index (χ1) is 5.69. The molecule has 0 saturated carbocycles. The van der Waals surface area contributed by atoms with Crippen molar-refractivity contribution in [3.8, 4) is 5.88 Å². The fourth-order valence-corrected chi connectivity index (χ4v) is 1.32. The van der Waals surface area contributed by atoms with Gasteiger partial charge in [0.15, 0.2) is 0 Å². The number of methoxy groups -OCH3 is 1. The Morgan fingerprint density at radius 3 is 2.92 bits per heavy atom. The largest absolute Gasteiger partial charge is 0.480 e. The molecule has 0 amide bonds. The second kappa shape index (κ2) is 3.71. The maximum atomic E-state index is 11.1. The Kier molecular flexibility index (Phi) is 2.86. The molecule has 1 rings (SSSR count). The lowest BCUT2D eigenvalue weighted by Crippen LogP contribution is -2.22. The predicted octanol–water partition coefficient (Wildman–Crippen LogP) is 1.03. The third-order valence-corrected chi connectivity index (χ3v) is 1.99. The number of aryl methyl sites for hydroxylation is 1. The van der Waals surface area contributed by atoms with E-state index in [-0.39, 0.29) is 5.69 Å². The van der Waals surface area contributed by atoms with Gasteiger partial charge in [0.1, 0.15) is 0 Å². The van der Waals surface area contributed by atoms with Gasteiger partial charge < -0.3 is 4.74 Å². The minimum Gasteiger partial charge on any atom is -0.480 e. The van der Waals surface area contributed by atoms with Crippen LogP contribution in [0.2, 0.25) is 0 Å². The van der Waals surface area contributed by atoms with E-state index in [1.54, 1.807) is 6.20 Å². The van der Waals surface area contributed by atoms with Crippen LogP contribution in [0.15, 0.2) is 15.5 Å². The first-order valence-electron chi connectivity index (χ1n) is 3.50. The van der Waals surface area contributed by atoms with Crippen LogP contribution in [0.1, 0.15) is 6.92 Å². The summed E-state index contributed by atoms with van der Waals surface area (Å²) in [5.41, 5.74) is -0.294. The van der Waals surface area contributed by atoms with Crippen molar-refractivity contribution in [2.24, 2.45) is 0 Å². The lowest BCUT2D eigenvalue weighted by atomic mass is 10.6. The van der Waals surface area contributed by atoms with Crippen LogP contribution in [0.4, 0.5) is 0 Å². The summed E-state index contributed by atoms with van der Waals surface area (Å²) >= 11 is 3.24. The van der Waals surface area contributed by atoms with Crippen LogP contribution >= 0.6 is 15.9 Å². The molecule has 0 aliphatic heterocycles. The van der Waals surface area contributed by atoms with Crippen molar-refractivity contribution in [1.29, 1.82) is 0 Å². The molecule has 1 aromatic rings. The third kappa shape index (κ3) is 1.66. The van der Waals surface area contributed by atoms with Crippen LogP contribution in [0.25, 0.3) is 0 Å². The SMILES string of the molecule is CCn1cc(Br)c(OC)nc1=O. The Hall–Kier alpha value is -0.840. The number of hydrogen-bond acceptors (Lipinski definition) is 3. The van der Waals surface area contributed by atoms with Crippen LogP contribution in [-0.4, -0.2) is 16.7 Å². The molecule has 0 N–H and O–H groups in total. The molecule has 1 aromatic heterocycles. The standard InChI is InChI=1S/C7H9BrN2O2/c1-3-10-4-5(8)6(12-2)9-7(10)11/h4H,3H2,1-2H3. The normalized spacial score (nSPS) is 9.92. The predicted molar refractivity (Wildman–Crippen MR) is 48.4 cm³/mol. The topological polar surface area (TPSA) is 44.1 Å². The molecule has 0 atom stereocenters. The number of aromatic nitrogens is 2. The van der Waals surface area contributed by atoms with E-state index in [0.29, 0.717) is 16.9 Å². The highest BCUT2D eigenvalue weighted by Gasteiger charge is 2.04. The molecular weight excluding hydrogens is 224 g/mol. The molecule has 0 unspecified atom stereocenters. The molecule has 0 bridgehead atoms. The average molecular weight is 233 g/mol. The van der Waals surface area contributed by atoms with Crippen molar-refractivity contribution in [3.05, 3.63) is 21.2 Å². The summed E-state index contributed by atoms with van der Waals surface area (Å²) in [5.74, 6) is 0.324. The van der Waals surface area contributed by atoms with Crippen molar-refractivity contribution in [2.45, 2.75) is 13.5 Å². The van der Waals surface area contributed by atoms with E-state index in [0.717, 1.165) is 0 Å². The lowest BCUT2D eigenvalue weighted by Gasteiger charge is -2.04. The van der Waals surface area contributed by atoms with E-state index in [1.165, 1.54) is 11.7 Å². The molecule has 0 radical (unpaired) electrons. The summed E-state index contributed by atoms with van der Waals surface area (Å²) in [6.45, 7) is 2.48. The molecule has 12 heavy (non-hydrogen) atoms. The van der Waals surface area contributed by atoms with Gasteiger partial charge in [-0.1, -0.05) is 0 Å². The highest BCUT2D eigenvalue weighted by molar-refractivity contribution is 9.10. The average Bonchev–Trinajstić information content (AvgIpc) is 2.08. The van der Waals surface area contributed by atoms with Gasteiger partial charge in [0.2, 0.25) is 5.88 Å². The summed E-state index contributed by atoms with van der Waals surface area (Å²) in [5, 5.41) is 0. The van der Waals surface area contributed by atoms with E-state index in [2.05, 4.69) is 20.9 Å². The number of rotatable bonds is 2. The fraction of sp³-hybridized carbons (Fsp3) is 0.429. The molecular formula is C7H9BrN2O2. The first-order valence-corrected chi connectivity index (χ1v) is 4.29. The Morgan fingerprint density at radius 1 is 1.75 bits per heavy atom. The number of halogens is 1. The quantitative estimate of drug-likeness (QED) is 0.766. The maximum Gasteiger partial charge on any atom is 0.350 e.